The predicted molar refractivity (Wildman–Crippen MR) is 261 cm³/mol. The van der Waals surface area contributed by atoms with Crippen LogP contribution in [0.3, 0.4) is 0 Å². The molecule has 4 heterocycles. The van der Waals surface area contributed by atoms with Gasteiger partial charge < -0.3 is 13.9 Å². The molecule has 292 valence electrons. The minimum absolute atomic E-state index is 0.646. The fourth-order valence-corrected chi connectivity index (χ4v) is 10.4. The van der Waals surface area contributed by atoms with Crippen molar-refractivity contribution in [2.45, 2.75) is 0 Å². The van der Waals surface area contributed by atoms with Gasteiger partial charge in [0, 0.05) is 49.3 Å². The summed E-state index contributed by atoms with van der Waals surface area (Å²) in [5.41, 5.74) is 14.2. The van der Waals surface area contributed by atoms with Crippen LogP contribution in [-0.2, 0) is 0 Å². The number of anilines is 3. The van der Waals surface area contributed by atoms with Crippen molar-refractivity contribution >= 4 is 93.3 Å². The molecule has 0 saturated heterocycles. The van der Waals surface area contributed by atoms with Gasteiger partial charge in [0.25, 0.3) is 0 Å². The second kappa shape index (κ2) is 13.0. The van der Waals surface area contributed by atoms with Gasteiger partial charge in [-0.3, -0.25) is 0 Å². The maximum absolute atomic E-state index is 6.75. The maximum Gasteiger partial charge on any atom is 0.180 e. The van der Waals surface area contributed by atoms with Crippen LogP contribution in [0.2, 0.25) is 0 Å². The smallest absolute Gasteiger partial charge is 0.180 e. The molecular weight excluding hydrogens is 769 g/mol. The summed E-state index contributed by atoms with van der Waals surface area (Å²) in [5.74, 6) is 0.646. The van der Waals surface area contributed by atoms with Gasteiger partial charge in [-0.2, -0.15) is 0 Å². The Morgan fingerprint density at radius 1 is 0.381 bits per heavy atom. The first-order valence-corrected chi connectivity index (χ1v) is 21.4. The molecule has 0 radical (unpaired) electrons. The Kier molecular flexibility index (Phi) is 7.05. The SMILES string of the molecule is c1ccc(-n2c3ccccc3c3c(-c4nc(-c5ccc(N6c7cc8ccccc8cc7-c7cccc8cccc6c78)c6ccccc56)nc5c4oc4ccccc45)cccc32)cc1. The van der Waals surface area contributed by atoms with Crippen molar-refractivity contribution in [1.29, 1.82) is 0 Å². The van der Waals surface area contributed by atoms with Crippen molar-refractivity contribution in [1.82, 2.24) is 14.5 Å². The number of hydrogen-bond acceptors (Lipinski definition) is 4. The molecule has 0 unspecified atom stereocenters. The van der Waals surface area contributed by atoms with E-state index in [1.165, 1.54) is 32.7 Å². The minimum atomic E-state index is 0.646. The van der Waals surface area contributed by atoms with Gasteiger partial charge in [0.2, 0.25) is 0 Å². The van der Waals surface area contributed by atoms with Crippen LogP contribution in [0.4, 0.5) is 17.1 Å². The monoisotopic (exact) mass is 802 g/mol. The molecule has 5 nitrogen and oxygen atoms in total. The highest BCUT2D eigenvalue weighted by atomic mass is 16.3. The summed E-state index contributed by atoms with van der Waals surface area (Å²) >= 11 is 0. The first-order valence-electron chi connectivity index (χ1n) is 21.4. The molecule has 0 amide bonds. The van der Waals surface area contributed by atoms with Crippen LogP contribution in [0.1, 0.15) is 0 Å². The quantitative estimate of drug-likeness (QED) is 0.178. The Labute approximate surface area is 361 Å². The van der Waals surface area contributed by atoms with E-state index in [0.717, 1.165) is 88.6 Å². The van der Waals surface area contributed by atoms with E-state index in [1.807, 2.05) is 12.1 Å². The standard InChI is InChI=1S/C58H34N4O/c1-2-19-38(20-3-1)61-47-27-10-8-23-43(47)54-45(26-14-29-50(54)61)56-57-55(44-24-9-11-30-52(44)63-57)59-58(60-56)42-31-32-48(40-22-7-6-21-39(40)42)62-49-28-13-18-35-17-12-25-41(53(35)49)46-33-36-15-4-5-16-37(36)34-51(46)62/h1-34H. The fraction of sp³-hybridized carbons (Fsp3) is 0. The average Bonchev–Trinajstić information content (AvgIpc) is 3.90. The molecule has 3 aromatic heterocycles. The van der Waals surface area contributed by atoms with E-state index in [9.17, 15) is 0 Å². The fourth-order valence-electron chi connectivity index (χ4n) is 10.4. The summed E-state index contributed by atoms with van der Waals surface area (Å²) in [7, 11) is 0. The molecule has 0 atom stereocenters. The molecule has 1 aliphatic rings. The molecule has 0 bridgehead atoms. The summed E-state index contributed by atoms with van der Waals surface area (Å²) in [4.78, 5) is 13.4. The highest BCUT2D eigenvalue weighted by molar-refractivity contribution is 6.20. The number of hydrogen-bond donors (Lipinski definition) is 0. The van der Waals surface area contributed by atoms with Gasteiger partial charge in [-0.15, -0.1) is 0 Å². The molecule has 5 heteroatoms. The van der Waals surface area contributed by atoms with Gasteiger partial charge in [0.05, 0.1) is 28.1 Å². The molecule has 1 aliphatic heterocycles. The largest absolute Gasteiger partial charge is 0.452 e. The molecule has 63 heavy (non-hydrogen) atoms. The molecule has 0 fully saturated rings. The number of fused-ring (bicyclic) bond motifs is 10. The molecule has 14 rings (SSSR count). The summed E-state index contributed by atoms with van der Waals surface area (Å²) in [5, 5.41) is 10.3. The number of para-hydroxylation sites is 3. The lowest BCUT2D eigenvalue weighted by atomic mass is 9.88. The number of aromatic nitrogens is 3. The van der Waals surface area contributed by atoms with Crippen LogP contribution in [0.5, 0.6) is 0 Å². The lowest BCUT2D eigenvalue weighted by Crippen LogP contribution is -2.15. The second-order valence-electron chi connectivity index (χ2n) is 16.5. The van der Waals surface area contributed by atoms with Crippen molar-refractivity contribution in [3.05, 3.63) is 206 Å². The zero-order valence-corrected chi connectivity index (χ0v) is 33.8. The lowest BCUT2D eigenvalue weighted by Gasteiger charge is -2.34. The van der Waals surface area contributed by atoms with Crippen LogP contribution in [0, 0.1) is 0 Å². The normalized spacial score (nSPS) is 12.4. The third-order valence-electron chi connectivity index (χ3n) is 13.1. The lowest BCUT2D eigenvalue weighted by molar-refractivity contribution is 0.667. The number of rotatable bonds is 4. The van der Waals surface area contributed by atoms with Gasteiger partial charge >= 0.3 is 0 Å². The van der Waals surface area contributed by atoms with Crippen LogP contribution in [0.15, 0.2) is 211 Å². The molecule has 13 aromatic rings. The van der Waals surface area contributed by atoms with Gasteiger partial charge in [-0.25, -0.2) is 9.97 Å². The van der Waals surface area contributed by atoms with Crippen LogP contribution >= 0.6 is 0 Å². The summed E-state index contributed by atoms with van der Waals surface area (Å²) < 4.78 is 9.09. The highest BCUT2D eigenvalue weighted by Crippen LogP contribution is 2.54. The Balaban J connectivity index is 1.04. The summed E-state index contributed by atoms with van der Waals surface area (Å²) in [6.07, 6.45) is 0. The first kappa shape index (κ1) is 34.2. The van der Waals surface area contributed by atoms with Crippen molar-refractivity contribution in [2.75, 3.05) is 4.90 Å². The Hall–Kier alpha value is -8.54. The number of nitrogens with zero attached hydrogens (tertiary/aromatic N) is 4. The van der Waals surface area contributed by atoms with Gasteiger partial charge in [0.1, 0.15) is 16.8 Å². The van der Waals surface area contributed by atoms with E-state index in [-0.39, 0.29) is 0 Å². The van der Waals surface area contributed by atoms with Crippen molar-refractivity contribution in [2.24, 2.45) is 0 Å². The van der Waals surface area contributed by atoms with Crippen LogP contribution < -0.4 is 4.90 Å². The zero-order valence-electron chi connectivity index (χ0n) is 33.8. The molecule has 0 spiro atoms. The topological polar surface area (TPSA) is 47.1 Å². The summed E-state index contributed by atoms with van der Waals surface area (Å²) in [6.45, 7) is 0. The van der Waals surface area contributed by atoms with Crippen molar-refractivity contribution in [3.63, 3.8) is 0 Å². The highest BCUT2D eigenvalue weighted by Gasteiger charge is 2.29. The maximum atomic E-state index is 6.75. The molecule has 0 aliphatic carbocycles. The Bertz CT molecular complexity index is 4040. The summed E-state index contributed by atoms with van der Waals surface area (Å²) in [6, 6.07) is 73.8. The Morgan fingerprint density at radius 2 is 1.05 bits per heavy atom. The molecule has 0 N–H and O–H groups in total. The van der Waals surface area contributed by atoms with E-state index in [1.54, 1.807) is 0 Å². The van der Waals surface area contributed by atoms with E-state index < -0.39 is 0 Å². The second-order valence-corrected chi connectivity index (χ2v) is 16.5. The van der Waals surface area contributed by atoms with E-state index in [2.05, 4.69) is 204 Å². The first-order chi connectivity index (χ1) is 31.3. The predicted octanol–water partition coefficient (Wildman–Crippen LogP) is 15.7. The van der Waals surface area contributed by atoms with Crippen LogP contribution in [0.25, 0.3) is 116 Å². The Morgan fingerprint density at radius 3 is 1.92 bits per heavy atom. The van der Waals surface area contributed by atoms with Gasteiger partial charge in [0.15, 0.2) is 11.4 Å². The molecular formula is C58H34N4O. The van der Waals surface area contributed by atoms with E-state index >= 15 is 0 Å². The van der Waals surface area contributed by atoms with Crippen molar-refractivity contribution < 1.29 is 4.42 Å². The minimum Gasteiger partial charge on any atom is -0.452 e. The third-order valence-corrected chi connectivity index (χ3v) is 13.1. The van der Waals surface area contributed by atoms with E-state index in [4.69, 9.17) is 14.4 Å². The van der Waals surface area contributed by atoms with E-state index in [0.29, 0.717) is 11.4 Å². The zero-order chi connectivity index (χ0) is 41.2. The van der Waals surface area contributed by atoms with Crippen molar-refractivity contribution in [3.8, 4) is 39.5 Å². The molecule has 10 aromatic carbocycles. The number of benzene rings is 10. The number of furan rings is 1. The third kappa shape index (κ3) is 4.87. The van der Waals surface area contributed by atoms with Gasteiger partial charge in [-0.05, 0) is 93.8 Å². The van der Waals surface area contributed by atoms with Gasteiger partial charge in [-0.1, -0.05) is 140 Å². The molecule has 0 saturated carbocycles. The van der Waals surface area contributed by atoms with Crippen LogP contribution in [-0.4, -0.2) is 14.5 Å². The average molecular weight is 803 g/mol.